The Balaban J connectivity index is 3.65. The SMILES string of the molecule is CCCCCCCCC(C(=O)ON)N(C)C. The highest BCUT2D eigenvalue weighted by atomic mass is 16.7. The number of nitrogens with two attached hydrogens (primary N) is 1. The van der Waals surface area contributed by atoms with Gasteiger partial charge in [-0.15, -0.1) is 0 Å². The predicted octanol–water partition coefficient (Wildman–Crippen LogP) is 2.08. The number of likely N-dealkylation sites (N-methyl/N-ethyl adjacent to an activating group) is 1. The minimum atomic E-state index is -0.335. The first-order chi connectivity index (χ1) is 7.63. The highest BCUT2D eigenvalue weighted by Gasteiger charge is 2.20. The molecular weight excluding hydrogens is 204 g/mol. The molecule has 0 aliphatic carbocycles. The molecule has 96 valence electrons. The fourth-order valence-corrected chi connectivity index (χ4v) is 1.78. The van der Waals surface area contributed by atoms with Crippen LogP contribution in [-0.4, -0.2) is 31.0 Å². The second-order valence-electron chi connectivity index (χ2n) is 4.47. The lowest BCUT2D eigenvalue weighted by Gasteiger charge is -2.20. The number of carbonyl (C=O) groups is 1. The molecule has 0 aliphatic heterocycles. The molecule has 4 nitrogen and oxygen atoms in total. The van der Waals surface area contributed by atoms with Crippen LogP contribution in [0.15, 0.2) is 0 Å². The zero-order valence-electron chi connectivity index (χ0n) is 10.9. The van der Waals surface area contributed by atoms with Gasteiger partial charge in [0.15, 0.2) is 0 Å². The Kier molecular flexibility index (Phi) is 9.24. The van der Waals surface area contributed by atoms with Crippen LogP contribution in [0.25, 0.3) is 0 Å². The van der Waals surface area contributed by atoms with Crippen molar-refractivity contribution in [1.82, 2.24) is 4.90 Å². The molecule has 4 heteroatoms. The quantitative estimate of drug-likeness (QED) is 0.487. The monoisotopic (exact) mass is 230 g/mol. The Labute approximate surface area is 99.1 Å². The largest absolute Gasteiger partial charge is 0.372 e. The van der Waals surface area contributed by atoms with E-state index in [9.17, 15) is 4.79 Å². The van der Waals surface area contributed by atoms with Gasteiger partial charge in [-0.2, -0.15) is 5.90 Å². The third kappa shape index (κ3) is 6.80. The van der Waals surface area contributed by atoms with Crippen molar-refractivity contribution < 1.29 is 9.63 Å². The summed E-state index contributed by atoms with van der Waals surface area (Å²) < 4.78 is 0. The predicted molar refractivity (Wildman–Crippen MR) is 65.7 cm³/mol. The molecule has 0 saturated carbocycles. The van der Waals surface area contributed by atoms with E-state index in [4.69, 9.17) is 5.90 Å². The maximum Gasteiger partial charge on any atom is 0.341 e. The van der Waals surface area contributed by atoms with Gasteiger partial charge in [-0.3, -0.25) is 4.90 Å². The second kappa shape index (κ2) is 9.60. The Bertz CT molecular complexity index is 184. The van der Waals surface area contributed by atoms with Gasteiger partial charge in [0, 0.05) is 0 Å². The van der Waals surface area contributed by atoms with E-state index in [1.165, 1.54) is 32.1 Å². The van der Waals surface area contributed by atoms with Crippen LogP contribution in [0.3, 0.4) is 0 Å². The smallest absolute Gasteiger partial charge is 0.341 e. The molecule has 0 rings (SSSR count). The zero-order chi connectivity index (χ0) is 12.4. The molecule has 1 unspecified atom stereocenters. The van der Waals surface area contributed by atoms with Gasteiger partial charge >= 0.3 is 5.97 Å². The molecule has 0 spiro atoms. The molecular formula is C12H26N2O2. The average Bonchev–Trinajstić information content (AvgIpc) is 2.26. The maximum absolute atomic E-state index is 11.3. The van der Waals surface area contributed by atoms with E-state index >= 15 is 0 Å². The summed E-state index contributed by atoms with van der Waals surface area (Å²) in [7, 11) is 3.75. The number of carbonyl (C=O) groups excluding carboxylic acids is 1. The molecule has 0 saturated heterocycles. The standard InChI is InChI=1S/C12H26N2O2/c1-4-5-6-7-8-9-10-11(14(2)3)12(15)16-13/h11H,4-10,13H2,1-3H3. The van der Waals surface area contributed by atoms with Crippen molar-refractivity contribution in [2.75, 3.05) is 14.1 Å². The molecule has 0 bridgehead atoms. The minimum absolute atomic E-state index is 0.198. The fraction of sp³-hybridized carbons (Fsp3) is 0.917. The Morgan fingerprint density at radius 2 is 1.75 bits per heavy atom. The summed E-state index contributed by atoms with van der Waals surface area (Å²) >= 11 is 0. The average molecular weight is 230 g/mol. The van der Waals surface area contributed by atoms with Crippen LogP contribution in [-0.2, 0) is 9.63 Å². The van der Waals surface area contributed by atoms with Gasteiger partial charge in [0.2, 0.25) is 0 Å². The molecule has 16 heavy (non-hydrogen) atoms. The normalized spacial score (nSPS) is 12.8. The molecule has 2 N–H and O–H groups in total. The van der Waals surface area contributed by atoms with Crippen molar-refractivity contribution in [3.05, 3.63) is 0 Å². The van der Waals surface area contributed by atoms with Gasteiger partial charge < -0.3 is 4.84 Å². The molecule has 0 amide bonds. The molecule has 1 atom stereocenters. The van der Waals surface area contributed by atoms with Gasteiger partial charge in [-0.05, 0) is 20.5 Å². The summed E-state index contributed by atoms with van der Waals surface area (Å²) in [6.45, 7) is 2.21. The summed E-state index contributed by atoms with van der Waals surface area (Å²) in [4.78, 5) is 17.5. The molecule has 0 aliphatic rings. The van der Waals surface area contributed by atoms with Crippen LogP contribution >= 0.6 is 0 Å². The number of unbranched alkanes of at least 4 members (excludes halogenated alkanes) is 5. The van der Waals surface area contributed by atoms with Gasteiger partial charge in [0.1, 0.15) is 6.04 Å². The highest BCUT2D eigenvalue weighted by Crippen LogP contribution is 2.11. The van der Waals surface area contributed by atoms with Crippen molar-refractivity contribution in [1.29, 1.82) is 0 Å². The topological polar surface area (TPSA) is 55.6 Å². The van der Waals surface area contributed by atoms with Gasteiger partial charge in [0.25, 0.3) is 0 Å². The van der Waals surface area contributed by atoms with Crippen LogP contribution < -0.4 is 5.90 Å². The zero-order valence-corrected chi connectivity index (χ0v) is 10.9. The van der Waals surface area contributed by atoms with Crippen molar-refractivity contribution >= 4 is 5.97 Å². The lowest BCUT2D eigenvalue weighted by Crippen LogP contribution is -2.38. The Morgan fingerprint density at radius 1 is 1.19 bits per heavy atom. The summed E-state index contributed by atoms with van der Waals surface area (Å²) in [5.74, 6) is 4.57. The van der Waals surface area contributed by atoms with E-state index in [-0.39, 0.29) is 12.0 Å². The first kappa shape index (κ1) is 15.4. The van der Waals surface area contributed by atoms with Crippen LogP contribution in [0, 0.1) is 0 Å². The van der Waals surface area contributed by atoms with Gasteiger partial charge in [0.05, 0.1) is 0 Å². The Hall–Kier alpha value is -0.610. The van der Waals surface area contributed by atoms with Crippen molar-refractivity contribution in [3.63, 3.8) is 0 Å². The van der Waals surface area contributed by atoms with Gasteiger partial charge in [-0.1, -0.05) is 45.4 Å². The van der Waals surface area contributed by atoms with Crippen molar-refractivity contribution in [3.8, 4) is 0 Å². The van der Waals surface area contributed by atoms with Crippen LogP contribution in [0.4, 0.5) is 0 Å². The third-order valence-corrected chi connectivity index (χ3v) is 2.84. The first-order valence-corrected chi connectivity index (χ1v) is 6.20. The van der Waals surface area contributed by atoms with E-state index in [1.54, 1.807) is 0 Å². The van der Waals surface area contributed by atoms with Crippen LogP contribution in [0.2, 0.25) is 0 Å². The lowest BCUT2D eigenvalue weighted by molar-refractivity contribution is -0.149. The number of nitrogens with zero attached hydrogens (tertiary/aromatic N) is 1. The maximum atomic E-state index is 11.3. The molecule has 0 aromatic rings. The second-order valence-corrected chi connectivity index (χ2v) is 4.47. The molecule has 0 heterocycles. The number of rotatable bonds is 9. The van der Waals surface area contributed by atoms with E-state index in [2.05, 4.69) is 11.8 Å². The fourth-order valence-electron chi connectivity index (χ4n) is 1.78. The summed E-state index contributed by atoms with van der Waals surface area (Å²) in [6, 6.07) is -0.198. The Morgan fingerprint density at radius 3 is 2.25 bits per heavy atom. The third-order valence-electron chi connectivity index (χ3n) is 2.84. The summed E-state index contributed by atoms with van der Waals surface area (Å²) in [6.07, 6.45) is 8.19. The summed E-state index contributed by atoms with van der Waals surface area (Å²) in [5, 5.41) is 0. The number of hydrogen-bond acceptors (Lipinski definition) is 4. The lowest BCUT2D eigenvalue weighted by atomic mass is 10.1. The van der Waals surface area contributed by atoms with Gasteiger partial charge in [-0.25, -0.2) is 4.79 Å². The van der Waals surface area contributed by atoms with Crippen LogP contribution in [0.1, 0.15) is 51.9 Å². The first-order valence-electron chi connectivity index (χ1n) is 6.20. The van der Waals surface area contributed by atoms with Crippen LogP contribution in [0.5, 0.6) is 0 Å². The molecule has 0 radical (unpaired) electrons. The van der Waals surface area contributed by atoms with Crippen molar-refractivity contribution in [2.45, 2.75) is 57.9 Å². The van der Waals surface area contributed by atoms with E-state index < -0.39 is 0 Å². The summed E-state index contributed by atoms with van der Waals surface area (Å²) in [5.41, 5.74) is 0. The van der Waals surface area contributed by atoms with E-state index in [0.717, 1.165) is 12.8 Å². The molecule has 0 fully saturated rings. The highest BCUT2D eigenvalue weighted by molar-refractivity contribution is 5.75. The minimum Gasteiger partial charge on any atom is -0.372 e. The van der Waals surface area contributed by atoms with Crippen molar-refractivity contribution in [2.24, 2.45) is 5.90 Å². The number of hydrogen-bond donors (Lipinski definition) is 1. The molecule has 0 aromatic carbocycles. The molecule has 0 aromatic heterocycles. The van der Waals surface area contributed by atoms with E-state index in [1.807, 2.05) is 19.0 Å². The van der Waals surface area contributed by atoms with E-state index in [0.29, 0.717) is 0 Å².